The molecule has 1 saturated carbocycles. The molecule has 0 unspecified atom stereocenters. The van der Waals surface area contributed by atoms with Crippen molar-refractivity contribution >= 4 is 0 Å². The summed E-state index contributed by atoms with van der Waals surface area (Å²) in [5, 5.41) is 13.1. The van der Waals surface area contributed by atoms with Crippen LogP contribution in [0.4, 0.5) is 0 Å². The Balaban J connectivity index is 1.74. The monoisotopic (exact) mass is 277 g/mol. The van der Waals surface area contributed by atoms with Gasteiger partial charge in [-0.25, -0.2) is 0 Å². The minimum absolute atomic E-state index is 0.171. The Morgan fingerprint density at radius 2 is 2.10 bits per heavy atom. The summed E-state index contributed by atoms with van der Waals surface area (Å²) in [5.74, 6) is 2.28. The molecule has 1 aromatic rings. The first-order valence-electron chi connectivity index (χ1n) is 7.46. The number of benzene rings is 1. The van der Waals surface area contributed by atoms with Gasteiger partial charge in [-0.15, -0.1) is 0 Å². The first-order chi connectivity index (χ1) is 9.73. The molecular weight excluding hydrogens is 254 g/mol. The molecule has 1 heterocycles. The van der Waals surface area contributed by atoms with Gasteiger partial charge in [-0.1, -0.05) is 12.1 Å². The Morgan fingerprint density at radius 1 is 1.30 bits per heavy atom. The molecule has 0 spiro atoms. The molecule has 0 amide bonds. The lowest BCUT2D eigenvalue weighted by Gasteiger charge is -2.29. The molecule has 1 aromatic carbocycles. The lowest BCUT2D eigenvalue weighted by Crippen LogP contribution is -2.47. The predicted octanol–water partition coefficient (Wildman–Crippen LogP) is 2.10. The van der Waals surface area contributed by atoms with Gasteiger partial charge in [-0.3, -0.25) is 0 Å². The minimum Gasteiger partial charge on any atom is -0.490 e. The second-order valence-corrected chi connectivity index (χ2v) is 6.00. The molecule has 1 aliphatic carbocycles. The zero-order valence-electron chi connectivity index (χ0n) is 12.0. The maximum Gasteiger partial charge on any atom is 0.165 e. The highest BCUT2D eigenvalue weighted by molar-refractivity contribution is 5.47. The highest BCUT2D eigenvalue weighted by Gasteiger charge is 2.40. The third kappa shape index (κ3) is 2.76. The van der Waals surface area contributed by atoms with Crippen molar-refractivity contribution in [2.45, 2.75) is 38.3 Å². The third-order valence-corrected chi connectivity index (χ3v) is 4.34. The minimum atomic E-state index is -0.186. The van der Waals surface area contributed by atoms with E-state index in [0.717, 1.165) is 23.5 Å². The fourth-order valence-corrected chi connectivity index (χ4v) is 2.74. The summed E-state index contributed by atoms with van der Waals surface area (Å²) in [5.41, 5.74) is 0.915. The van der Waals surface area contributed by atoms with E-state index in [1.165, 1.54) is 12.8 Å². The Labute approximate surface area is 120 Å². The van der Waals surface area contributed by atoms with Gasteiger partial charge in [0.05, 0.1) is 19.8 Å². The van der Waals surface area contributed by atoms with Crippen molar-refractivity contribution in [2.75, 3.05) is 19.8 Å². The quantitative estimate of drug-likeness (QED) is 0.865. The van der Waals surface area contributed by atoms with Gasteiger partial charge in [0, 0.05) is 24.1 Å². The summed E-state index contributed by atoms with van der Waals surface area (Å²) in [6.07, 6.45) is 3.32. The summed E-state index contributed by atoms with van der Waals surface area (Å²) in [6, 6.07) is 6.01. The lowest BCUT2D eigenvalue weighted by atomic mass is 9.96. The maximum atomic E-state index is 9.64. The first kappa shape index (κ1) is 13.7. The number of aliphatic hydroxyl groups excluding tert-OH is 1. The molecule has 3 rings (SSSR count). The number of fused-ring (bicyclic) bond motifs is 1. The molecule has 20 heavy (non-hydrogen) atoms. The van der Waals surface area contributed by atoms with Crippen LogP contribution < -0.4 is 14.8 Å². The number of hydrogen-bond acceptors (Lipinski definition) is 4. The Bertz CT molecular complexity index is 473. The highest BCUT2D eigenvalue weighted by atomic mass is 16.5. The normalized spacial score (nSPS) is 21.1. The molecule has 1 fully saturated rings. The van der Waals surface area contributed by atoms with E-state index in [1.54, 1.807) is 0 Å². The topological polar surface area (TPSA) is 50.7 Å². The van der Waals surface area contributed by atoms with E-state index in [2.05, 4.69) is 18.3 Å². The van der Waals surface area contributed by atoms with Crippen LogP contribution in [0.25, 0.3) is 0 Å². The maximum absolute atomic E-state index is 9.64. The Kier molecular flexibility index (Phi) is 3.85. The van der Waals surface area contributed by atoms with E-state index in [9.17, 15) is 5.11 Å². The van der Waals surface area contributed by atoms with Gasteiger partial charge in [0.15, 0.2) is 11.5 Å². The van der Waals surface area contributed by atoms with E-state index in [0.29, 0.717) is 25.7 Å². The van der Waals surface area contributed by atoms with Crippen LogP contribution >= 0.6 is 0 Å². The van der Waals surface area contributed by atoms with Crippen LogP contribution in [0, 0.1) is 5.92 Å². The van der Waals surface area contributed by atoms with Crippen LogP contribution in [0.15, 0.2) is 18.2 Å². The molecule has 2 N–H and O–H groups in total. The van der Waals surface area contributed by atoms with Gasteiger partial charge in [0.1, 0.15) is 0 Å². The number of nitrogens with one attached hydrogen (secondary N) is 1. The summed E-state index contributed by atoms with van der Waals surface area (Å²) < 4.78 is 11.5. The van der Waals surface area contributed by atoms with Crippen LogP contribution in [-0.4, -0.2) is 30.5 Å². The van der Waals surface area contributed by atoms with Crippen LogP contribution in [0.3, 0.4) is 0 Å². The Hall–Kier alpha value is -1.26. The summed E-state index contributed by atoms with van der Waals surface area (Å²) in [7, 11) is 0. The van der Waals surface area contributed by atoms with Crippen molar-refractivity contribution in [3.8, 4) is 11.5 Å². The average molecular weight is 277 g/mol. The molecule has 1 aliphatic heterocycles. The van der Waals surface area contributed by atoms with Crippen LogP contribution in [0.2, 0.25) is 0 Å². The van der Waals surface area contributed by atoms with Crippen molar-refractivity contribution in [3.63, 3.8) is 0 Å². The van der Waals surface area contributed by atoms with Crippen LogP contribution in [-0.2, 0) is 6.54 Å². The first-order valence-corrected chi connectivity index (χ1v) is 7.46. The molecule has 0 radical (unpaired) electrons. The molecule has 0 bridgehead atoms. The standard InChI is InChI=1S/C16H23NO3/c1-16(11-18,13-6-7-13)17-10-12-4-2-5-14-15(12)20-9-3-8-19-14/h2,4-5,13,17-18H,3,6-11H2,1H3/t16-/m0/s1. The van der Waals surface area contributed by atoms with Crippen molar-refractivity contribution < 1.29 is 14.6 Å². The molecule has 4 heteroatoms. The van der Waals surface area contributed by atoms with Gasteiger partial charge in [0.25, 0.3) is 0 Å². The van der Waals surface area contributed by atoms with Gasteiger partial charge in [0.2, 0.25) is 0 Å². The third-order valence-electron chi connectivity index (χ3n) is 4.34. The van der Waals surface area contributed by atoms with E-state index < -0.39 is 0 Å². The van der Waals surface area contributed by atoms with Crippen LogP contribution in [0.1, 0.15) is 31.7 Å². The van der Waals surface area contributed by atoms with Gasteiger partial charge in [-0.05, 0) is 31.7 Å². The van der Waals surface area contributed by atoms with Gasteiger partial charge in [-0.2, -0.15) is 0 Å². The summed E-state index contributed by atoms with van der Waals surface area (Å²) in [6.45, 7) is 4.37. The zero-order chi connectivity index (χ0) is 14.0. The molecule has 0 aromatic heterocycles. The van der Waals surface area contributed by atoms with Crippen molar-refractivity contribution in [3.05, 3.63) is 23.8 Å². The van der Waals surface area contributed by atoms with Crippen molar-refractivity contribution in [2.24, 2.45) is 5.92 Å². The van der Waals surface area contributed by atoms with Gasteiger partial charge < -0.3 is 19.9 Å². The number of rotatable bonds is 5. The molecule has 110 valence electrons. The number of para-hydroxylation sites is 1. The number of aliphatic hydroxyl groups is 1. The van der Waals surface area contributed by atoms with Crippen molar-refractivity contribution in [1.82, 2.24) is 5.32 Å². The Morgan fingerprint density at radius 3 is 2.85 bits per heavy atom. The van der Waals surface area contributed by atoms with E-state index in [4.69, 9.17) is 9.47 Å². The molecule has 4 nitrogen and oxygen atoms in total. The fraction of sp³-hybridized carbons (Fsp3) is 0.625. The number of ether oxygens (including phenoxy) is 2. The smallest absolute Gasteiger partial charge is 0.165 e. The van der Waals surface area contributed by atoms with E-state index in [-0.39, 0.29) is 12.1 Å². The molecule has 0 saturated heterocycles. The largest absolute Gasteiger partial charge is 0.490 e. The SMILES string of the molecule is C[C@@](CO)(NCc1cccc2c1OCCCO2)C1CC1. The lowest BCUT2D eigenvalue weighted by molar-refractivity contribution is 0.153. The average Bonchev–Trinajstić information content (AvgIpc) is 3.30. The number of hydrogen-bond donors (Lipinski definition) is 2. The van der Waals surface area contributed by atoms with Gasteiger partial charge >= 0.3 is 0 Å². The summed E-state index contributed by atoms with van der Waals surface area (Å²) >= 11 is 0. The second-order valence-electron chi connectivity index (χ2n) is 6.00. The highest BCUT2D eigenvalue weighted by Crippen LogP contribution is 2.40. The zero-order valence-corrected chi connectivity index (χ0v) is 12.0. The fourth-order valence-electron chi connectivity index (χ4n) is 2.74. The second kappa shape index (κ2) is 5.62. The van der Waals surface area contributed by atoms with E-state index >= 15 is 0 Å². The molecular formula is C16H23NO3. The molecule has 1 atom stereocenters. The van der Waals surface area contributed by atoms with Crippen molar-refractivity contribution in [1.29, 1.82) is 0 Å². The summed E-state index contributed by atoms with van der Waals surface area (Å²) in [4.78, 5) is 0. The molecule has 2 aliphatic rings. The van der Waals surface area contributed by atoms with E-state index in [1.807, 2.05) is 12.1 Å². The van der Waals surface area contributed by atoms with Crippen LogP contribution in [0.5, 0.6) is 11.5 Å². The predicted molar refractivity (Wildman–Crippen MR) is 77.1 cm³/mol.